The smallest absolute Gasteiger partial charge is 0.260 e. The summed E-state index contributed by atoms with van der Waals surface area (Å²) in [6.45, 7) is 6.13. The molecular formula is C16H25N3O2. The first-order valence-corrected chi connectivity index (χ1v) is 7.49. The molecule has 2 N–H and O–H groups in total. The SMILES string of the molecule is Cc1ccc(OCC(=O)N2CCN(C)CC2)c(CCN)c1. The highest BCUT2D eigenvalue weighted by Gasteiger charge is 2.19. The van der Waals surface area contributed by atoms with Gasteiger partial charge in [-0.1, -0.05) is 17.7 Å². The zero-order valence-corrected chi connectivity index (χ0v) is 13.0. The average molecular weight is 291 g/mol. The van der Waals surface area contributed by atoms with Crippen LogP contribution in [0.4, 0.5) is 0 Å². The Morgan fingerprint density at radius 2 is 2.00 bits per heavy atom. The molecule has 1 aromatic carbocycles. The first-order chi connectivity index (χ1) is 10.1. The van der Waals surface area contributed by atoms with Gasteiger partial charge in [0, 0.05) is 26.2 Å². The van der Waals surface area contributed by atoms with Crippen molar-refractivity contribution in [3.8, 4) is 5.75 Å². The van der Waals surface area contributed by atoms with Gasteiger partial charge < -0.3 is 20.3 Å². The lowest BCUT2D eigenvalue weighted by molar-refractivity contribution is -0.134. The number of hydrogen-bond donors (Lipinski definition) is 1. The normalized spacial score (nSPS) is 16.0. The standard InChI is InChI=1S/C16H25N3O2/c1-13-3-4-15(14(11-13)5-6-17)21-12-16(20)19-9-7-18(2)8-10-19/h3-4,11H,5-10,12,17H2,1-2H3. The molecule has 5 heteroatoms. The van der Waals surface area contributed by atoms with Crippen molar-refractivity contribution in [3.05, 3.63) is 29.3 Å². The van der Waals surface area contributed by atoms with Gasteiger partial charge >= 0.3 is 0 Å². The number of nitrogens with two attached hydrogens (primary N) is 1. The van der Waals surface area contributed by atoms with Gasteiger partial charge in [0.2, 0.25) is 0 Å². The summed E-state index contributed by atoms with van der Waals surface area (Å²) in [5.74, 6) is 0.830. The number of benzene rings is 1. The third-order valence-corrected chi connectivity index (χ3v) is 3.84. The van der Waals surface area contributed by atoms with E-state index < -0.39 is 0 Å². The molecule has 0 aliphatic carbocycles. The molecule has 0 atom stereocenters. The Kier molecular flexibility index (Phi) is 5.59. The van der Waals surface area contributed by atoms with Gasteiger partial charge in [-0.2, -0.15) is 0 Å². The summed E-state index contributed by atoms with van der Waals surface area (Å²) >= 11 is 0. The van der Waals surface area contributed by atoms with Crippen LogP contribution < -0.4 is 10.5 Å². The van der Waals surface area contributed by atoms with E-state index in [0.717, 1.165) is 43.9 Å². The third-order valence-electron chi connectivity index (χ3n) is 3.84. The summed E-state index contributed by atoms with van der Waals surface area (Å²) in [6, 6.07) is 6.00. The number of likely N-dealkylation sites (N-methyl/N-ethyl adjacent to an activating group) is 1. The first-order valence-electron chi connectivity index (χ1n) is 7.49. The lowest BCUT2D eigenvalue weighted by atomic mass is 10.1. The molecule has 21 heavy (non-hydrogen) atoms. The average Bonchev–Trinajstić information content (AvgIpc) is 2.47. The van der Waals surface area contributed by atoms with E-state index in [-0.39, 0.29) is 12.5 Å². The summed E-state index contributed by atoms with van der Waals surface area (Å²) in [5, 5.41) is 0. The fraction of sp³-hybridized carbons (Fsp3) is 0.562. The van der Waals surface area contributed by atoms with Crippen LogP contribution in [0.1, 0.15) is 11.1 Å². The molecule has 0 aromatic heterocycles. The van der Waals surface area contributed by atoms with Gasteiger partial charge in [0.05, 0.1) is 0 Å². The summed E-state index contributed by atoms with van der Waals surface area (Å²) in [6.07, 6.45) is 0.764. The van der Waals surface area contributed by atoms with E-state index in [1.54, 1.807) is 0 Å². The molecule has 1 fully saturated rings. The maximum absolute atomic E-state index is 12.2. The van der Waals surface area contributed by atoms with E-state index in [9.17, 15) is 4.79 Å². The Labute approximate surface area is 126 Å². The highest BCUT2D eigenvalue weighted by Crippen LogP contribution is 2.20. The Morgan fingerprint density at radius 3 is 2.67 bits per heavy atom. The van der Waals surface area contributed by atoms with Gasteiger partial charge in [-0.3, -0.25) is 4.79 Å². The molecule has 2 rings (SSSR count). The van der Waals surface area contributed by atoms with Gasteiger partial charge in [-0.05, 0) is 38.6 Å². The maximum Gasteiger partial charge on any atom is 0.260 e. The molecular weight excluding hydrogens is 266 g/mol. The molecule has 0 saturated carbocycles. The van der Waals surface area contributed by atoms with Crippen molar-refractivity contribution in [2.45, 2.75) is 13.3 Å². The molecule has 1 aliphatic heterocycles. The highest BCUT2D eigenvalue weighted by atomic mass is 16.5. The molecule has 0 unspecified atom stereocenters. The Morgan fingerprint density at radius 1 is 1.29 bits per heavy atom. The highest BCUT2D eigenvalue weighted by molar-refractivity contribution is 5.78. The zero-order chi connectivity index (χ0) is 15.2. The number of piperazine rings is 1. The van der Waals surface area contributed by atoms with Crippen molar-refractivity contribution >= 4 is 5.91 Å². The van der Waals surface area contributed by atoms with E-state index in [1.807, 2.05) is 24.0 Å². The van der Waals surface area contributed by atoms with Crippen LogP contribution in [0.15, 0.2) is 18.2 Å². The van der Waals surface area contributed by atoms with Crippen LogP contribution in [0, 0.1) is 6.92 Å². The minimum absolute atomic E-state index is 0.0578. The second-order valence-corrected chi connectivity index (χ2v) is 5.62. The van der Waals surface area contributed by atoms with Crippen LogP contribution in [0.5, 0.6) is 5.75 Å². The van der Waals surface area contributed by atoms with E-state index in [2.05, 4.69) is 18.0 Å². The van der Waals surface area contributed by atoms with E-state index in [0.29, 0.717) is 6.54 Å². The lowest BCUT2D eigenvalue weighted by Gasteiger charge is -2.32. The summed E-state index contributed by atoms with van der Waals surface area (Å²) in [7, 11) is 2.07. The molecule has 1 saturated heterocycles. The van der Waals surface area contributed by atoms with Crippen molar-refractivity contribution in [2.24, 2.45) is 5.73 Å². The van der Waals surface area contributed by atoms with Crippen LogP contribution in [-0.4, -0.2) is 62.1 Å². The minimum Gasteiger partial charge on any atom is -0.483 e. The van der Waals surface area contributed by atoms with Crippen LogP contribution in [0.2, 0.25) is 0 Å². The topological polar surface area (TPSA) is 58.8 Å². The molecule has 1 aliphatic rings. The molecule has 116 valence electrons. The molecule has 0 bridgehead atoms. The van der Waals surface area contributed by atoms with E-state index >= 15 is 0 Å². The largest absolute Gasteiger partial charge is 0.483 e. The third kappa shape index (κ3) is 4.44. The van der Waals surface area contributed by atoms with E-state index in [4.69, 9.17) is 10.5 Å². The van der Waals surface area contributed by atoms with Gasteiger partial charge in [-0.25, -0.2) is 0 Å². The Balaban J connectivity index is 1.91. The predicted octanol–water partition coefficient (Wildman–Crippen LogP) is 0.649. The van der Waals surface area contributed by atoms with Crippen molar-refractivity contribution in [1.82, 2.24) is 9.80 Å². The molecule has 1 amide bonds. The number of carbonyl (C=O) groups is 1. The molecule has 0 radical (unpaired) electrons. The maximum atomic E-state index is 12.2. The van der Waals surface area contributed by atoms with E-state index in [1.165, 1.54) is 5.56 Å². The van der Waals surface area contributed by atoms with Crippen LogP contribution in [0.3, 0.4) is 0 Å². The Bertz CT molecular complexity index is 482. The number of ether oxygens (including phenoxy) is 1. The number of amides is 1. The number of hydrogen-bond acceptors (Lipinski definition) is 4. The van der Waals surface area contributed by atoms with Crippen molar-refractivity contribution in [2.75, 3.05) is 46.4 Å². The first kappa shape index (κ1) is 15.8. The fourth-order valence-corrected chi connectivity index (χ4v) is 2.49. The summed E-state index contributed by atoms with van der Waals surface area (Å²) < 4.78 is 5.73. The number of carbonyl (C=O) groups excluding carboxylic acids is 1. The fourth-order valence-electron chi connectivity index (χ4n) is 2.49. The second-order valence-electron chi connectivity index (χ2n) is 5.62. The van der Waals surface area contributed by atoms with Gasteiger partial charge in [0.25, 0.3) is 5.91 Å². The minimum atomic E-state index is 0.0578. The summed E-state index contributed by atoms with van der Waals surface area (Å²) in [4.78, 5) is 16.3. The Hall–Kier alpha value is -1.59. The van der Waals surface area contributed by atoms with Gasteiger partial charge in [0.1, 0.15) is 5.75 Å². The number of nitrogens with zero attached hydrogens (tertiary/aromatic N) is 2. The zero-order valence-electron chi connectivity index (χ0n) is 13.0. The second kappa shape index (κ2) is 7.43. The monoisotopic (exact) mass is 291 g/mol. The molecule has 0 spiro atoms. The molecule has 1 heterocycles. The van der Waals surface area contributed by atoms with Gasteiger partial charge in [0.15, 0.2) is 6.61 Å². The van der Waals surface area contributed by atoms with Crippen LogP contribution in [-0.2, 0) is 11.2 Å². The van der Waals surface area contributed by atoms with Crippen molar-refractivity contribution < 1.29 is 9.53 Å². The number of rotatable bonds is 5. The van der Waals surface area contributed by atoms with Gasteiger partial charge in [-0.15, -0.1) is 0 Å². The predicted molar refractivity (Wildman–Crippen MR) is 83.5 cm³/mol. The quantitative estimate of drug-likeness (QED) is 0.865. The van der Waals surface area contributed by atoms with Crippen LogP contribution in [0.25, 0.3) is 0 Å². The molecule has 1 aromatic rings. The van der Waals surface area contributed by atoms with Crippen LogP contribution >= 0.6 is 0 Å². The lowest BCUT2D eigenvalue weighted by Crippen LogP contribution is -2.48. The van der Waals surface area contributed by atoms with Crippen molar-refractivity contribution in [3.63, 3.8) is 0 Å². The number of aryl methyl sites for hydroxylation is 1. The van der Waals surface area contributed by atoms with Crippen molar-refractivity contribution in [1.29, 1.82) is 0 Å². The summed E-state index contributed by atoms with van der Waals surface area (Å²) in [5.41, 5.74) is 7.88. The molecule has 5 nitrogen and oxygen atoms in total.